The molecule has 11 heteroatoms. The van der Waals surface area contributed by atoms with Crippen LogP contribution in [-0.2, 0) is 17.3 Å². The van der Waals surface area contributed by atoms with Gasteiger partial charge in [-0.1, -0.05) is 17.9 Å². The van der Waals surface area contributed by atoms with Crippen LogP contribution in [0, 0.1) is 0 Å². The van der Waals surface area contributed by atoms with E-state index in [9.17, 15) is 31.1 Å². The third-order valence-electron chi connectivity index (χ3n) is 3.29. The molecule has 0 bridgehead atoms. The van der Waals surface area contributed by atoms with Crippen molar-refractivity contribution in [3.63, 3.8) is 0 Å². The highest BCUT2D eigenvalue weighted by atomic mass is 35.5. The smallest absolute Gasteiger partial charge is 0.456 e. The Morgan fingerprint density at radius 3 is 2.15 bits per heavy atom. The van der Waals surface area contributed by atoms with E-state index < -0.39 is 23.8 Å². The lowest BCUT2D eigenvalue weighted by atomic mass is 9.95. The Labute approximate surface area is 155 Å². The van der Waals surface area contributed by atoms with E-state index in [1.54, 1.807) is 5.32 Å². The number of carbonyl (C=O) groups is 1. The van der Waals surface area contributed by atoms with Crippen molar-refractivity contribution in [2.24, 2.45) is 0 Å². The van der Waals surface area contributed by atoms with E-state index in [1.165, 1.54) is 6.07 Å². The molecule has 0 saturated heterocycles. The topological polar surface area (TPSA) is 38.3 Å². The van der Waals surface area contributed by atoms with Crippen LogP contribution >= 0.6 is 11.6 Å². The summed E-state index contributed by atoms with van der Waals surface area (Å²) >= 11 is 5.93. The molecule has 142 valence electrons. The van der Waals surface area contributed by atoms with Crippen LogP contribution < -0.4 is 10.1 Å². The highest BCUT2D eigenvalue weighted by Crippen LogP contribution is 2.36. The van der Waals surface area contributed by atoms with E-state index >= 15 is 0 Å². The Kier molecular flexibility index (Phi) is 5.99. The first kappa shape index (κ1) is 21.0. The Morgan fingerprint density at radius 2 is 1.67 bits per heavy atom. The van der Waals surface area contributed by atoms with Crippen molar-refractivity contribution in [1.29, 1.82) is 0 Å². The third kappa shape index (κ3) is 5.32. The first-order valence-corrected chi connectivity index (χ1v) is 7.55. The number of halogens is 7. The summed E-state index contributed by atoms with van der Waals surface area (Å²) in [4.78, 5) is 11.1. The number of nitrogens with one attached hydrogen (secondary N) is 1. The second-order valence-corrected chi connectivity index (χ2v) is 5.63. The number of benzene rings is 2. The molecule has 0 aliphatic rings. The monoisotopic (exact) mass is 407 g/mol. The van der Waals surface area contributed by atoms with Crippen LogP contribution in [0.25, 0.3) is 0 Å². The highest BCUT2D eigenvalue weighted by molar-refractivity contribution is 6.32. The van der Waals surface area contributed by atoms with Crippen molar-refractivity contribution in [2.45, 2.75) is 18.7 Å². The molecule has 27 heavy (non-hydrogen) atoms. The summed E-state index contributed by atoms with van der Waals surface area (Å²) in [6, 6.07) is 5.90. The Morgan fingerprint density at radius 1 is 1.07 bits per heavy atom. The fourth-order valence-electron chi connectivity index (χ4n) is 1.99. The summed E-state index contributed by atoms with van der Waals surface area (Å²) in [5.41, 5.74) is -1.06. The molecule has 0 atom stereocenters. The van der Waals surface area contributed by atoms with Crippen LogP contribution in [0.1, 0.15) is 11.1 Å². The second-order valence-electron chi connectivity index (χ2n) is 5.22. The maximum atomic E-state index is 12.6. The van der Waals surface area contributed by atoms with Gasteiger partial charge in [0.25, 0.3) is 0 Å². The normalized spacial score (nSPS) is 12.0. The zero-order chi connectivity index (χ0) is 20.4. The van der Waals surface area contributed by atoms with E-state index in [0.717, 1.165) is 30.3 Å². The van der Waals surface area contributed by atoms with Crippen LogP contribution in [0.3, 0.4) is 0 Å². The highest BCUT2D eigenvalue weighted by Gasteiger charge is 2.39. The van der Waals surface area contributed by atoms with Crippen molar-refractivity contribution in [1.82, 2.24) is 0 Å². The molecule has 0 unspecified atom stereocenters. The molecule has 2 aromatic carbocycles. The summed E-state index contributed by atoms with van der Waals surface area (Å²) in [7, 11) is 5.46. The number of rotatable bonds is 4. The summed E-state index contributed by atoms with van der Waals surface area (Å²) in [5, 5.41) is 1.47. The van der Waals surface area contributed by atoms with Crippen molar-refractivity contribution in [3.05, 3.63) is 52.5 Å². The lowest BCUT2D eigenvalue weighted by Crippen LogP contribution is -2.30. The van der Waals surface area contributed by atoms with E-state index in [-0.39, 0.29) is 34.1 Å². The van der Waals surface area contributed by atoms with Gasteiger partial charge in [-0.25, -0.2) is 0 Å². The molecule has 2 radical (unpaired) electrons. The lowest BCUT2D eigenvalue weighted by Gasteiger charge is -2.15. The molecule has 0 fully saturated rings. The van der Waals surface area contributed by atoms with Gasteiger partial charge in [0.05, 0.1) is 18.4 Å². The first-order valence-electron chi connectivity index (χ1n) is 7.17. The molecule has 1 amide bonds. The van der Waals surface area contributed by atoms with Crippen molar-refractivity contribution in [2.75, 3.05) is 5.32 Å². The van der Waals surface area contributed by atoms with Crippen molar-refractivity contribution >= 4 is 31.0 Å². The fourth-order valence-corrected chi connectivity index (χ4v) is 2.19. The summed E-state index contributed by atoms with van der Waals surface area (Å²) in [6.07, 6.45) is -9.87. The Bertz CT molecular complexity index is 837. The predicted octanol–water partition coefficient (Wildman–Crippen LogP) is 5.32. The molecule has 2 aromatic rings. The molecular weight excluding hydrogens is 398 g/mol. The van der Waals surface area contributed by atoms with Gasteiger partial charge in [0.1, 0.15) is 11.5 Å². The van der Waals surface area contributed by atoms with E-state index in [4.69, 9.17) is 24.2 Å². The average molecular weight is 408 g/mol. The largest absolute Gasteiger partial charge is 0.471 e. The molecule has 0 aromatic heterocycles. The number of hydrogen-bond donors (Lipinski definition) is 1. The van der Waals surface area contributed by atoms with Crippen LogP contribution in [0.2, 0.25) is 5.02 Å². The van der Waals surface area contributed by atoms with Gasteiger partial charge >= 0.3 is 18.3 Å². The van der Waals surface area contributed by atoms with Gasteiger partial charge in [0, 0.05) is 5.69 Å². The zero-order valence-electron chi connectivity index (χ0n) is 13.2. The van der Waals surface area contributed by atoms with Gasteiger partial charge in [-0.05, 0) is 42.0 Å². The predicted molar refractivity (Wildman–Crippen MR) is 87.1 cm³/mol. The Balaban J connectivity index is 2.27. The third-order valence-corrected chi connectivity index (χ3v) is 3.59. The van der Waals surface area contributed by atoms with E-state index in [1.807, 2.05) is 0 Å². The summed E-state index contributed by atoms with van der Waals surface area (Å²) in [6.45, 7) is 0. The van der Waals surface area contributed by atoms with Crippen LogP contribution in [0.5, 0.6) is 11.5 Å². The molecule has 0 saturated carbocycles. The number of ether oxygens (including phenoxy) is 1. The SMILES string of the molecule is [B]Cc1cc(Oc2ccc(C(F)(F)F)cc2)c(Cl)cc1NC(=O)C(F)(F)F. The maximum absolute atomic E-state index is 12.6. The summed E-state index contributed by atoms with van der Waals surface area (Å²) in [5.74, 6) is -2.24. The van der Waals surface area contributed by atoms with Gasteiger partial charge in [-0.2, -0.15) is 26.3 Å². The van der Waals surface area contributed by atoms with E-state index in [0.29, 0.717) is 0 Å². The quantitative estimate of drug-likeness (QED) is 0.550. The lowest BCUT2D eigenvalue weighted by molar-refractivity contribution is -0.167. The minimum Gasteiger partial charge on any atom is -0.456 e. The molecule has 3 nitrogen and oxygen atoms in total. The second kappa shape index (κ2) is 7.71. The van der Waals surface area contributed by atoms with Crippen LogP contribution in [0.15, 0.2) is 36.4 Å². The molecule has 2 rings (SSSR count). The van der Waals surface area contributed by atoms with Crippen LogP contribution in [-0.4, -0.2) is 19.9 Å². The zero-order valence-corrected chi connectivity index (χ0v) is 14.0. The fraction of sp³-hybridized carbons (Fsp3) is 0.188. The minimum atomic E-state index is -5.10. The maximum Gasteiger partial charge on any atom is 0.471 e. The number of carbonyl (C=O) groups excluding carboxylic acids is 1. The molecule has 0 aliphatic heterocycles. The van der Waals surface area contributed by atoms with E-state index in [2.05, 4.69) is 0 Å². The average Bonchev–Trinajstić information content (AvgIpc) is 2.56. The van der Waals surface area contributed by atoms with Gasteiger partial charge < -0.3 is 10.1 Å². The number of hydrogen-bond acceptors (Lipinski definition) is 2. The number of amides is 1. The molecular formula is C16H9BClF6NO2. The minimum absolute atomic E-state index is 0.0138. The van der Waals surface area contributed by atoms with Gasteiger partial charge in [-0.15, -0.1) is 0 Å². The standard InChI is InChI=1S/C16H9BClF6NO2/c17-7-8-5-13(11(18)6-12(8)25-14(26)16(22,23)24)27-10-3-1-9(2-4-10)15(19,20)21/h1-6H,7H2,(H,25,26). The first-order chi connectivity index (χ1) is 12.4. The van der Waals surface area contributed by atoms with Crippen molar-refractivity contribution in [3.8, 4) is 11.5 Å². The molecule has 1 N–H and O–H groups in total. The van der Waals surface area contributed by atoms with Crippen LogP contribution in [0.4, 0.5) is 32.0 Å². The van der Waals surface area contributed by atoms with Gasteiger partial charge in [0.15, 0.2) is 0 Å². The Hall–Kier alpha value is -2.36. The number of alkyl halides is 6. The molecule has 0 heterocycles. The van der Waals surface area contributed by atoms with Crippen molar-refractivity contribution < 1.29 is 35.9 Å². The molecule has 0 aliphatic carbocycles. The summed E-state index contributed by atoms with van der Waals surface area (Å²) < 4.78 is 80.1. The number of anilines is 1. The van der Waals surface area contributed by atoms with Gasteiger partial charge in [-0.3, -0.25) is 4.79 Å². The van der Waals surface area contributed by atoms with Gasteiger partial charge in [0.2, 0.25) is 0 Å². The molecule has 0 spiro atoms.